The van der Waals surface area contributed by atoms with Gasteiger partial charge in [0, 0.05) is 35.8 Å². The molecule has 1 saturated heterocycles. The highest BCUT2D eigenvalue weighted by Gasteiger charge is 2.29. The van der Waals surface area contributed by atoms with Crippen LogP contribution in [-0.2, 0) is 17.9 Å². The number of nitro groups is 1. The van der Waals surface area contributed by atoms with Crippen LogP contribution in [0.4, 0.5) is 5.69 Å². The fraction of sp³-hybridized carbons (Fsp3) is 0.400. The van der Waals surface area contributed by atoms with Crippen molar-refractivity contribution in [1.29, 1.82) is 0 Å². The van der Waals surface area contributed by atoms with Gasteiger partial charge in [-0.15, -0.1) is 0 Å². The average molecular weight is 370 g/mol. The number of ether oxygens (including phenoxy) is 3. The summed E-state index contributed by atoms with van der Waals surface area (Å²) in [6.45, 7) is 2.08. The molecule has 1 unspecified atom stereocenters. The van der Waals surface area contributed by atoms with E-state index in [1.165, 1.54) is 5.56 Å². The number of non-ortho nitro benzene ring substituents is 1. The lowest BCUT2D eigenvalue weighted by Crippen LogP contribution is -2.24. The van der Waals surface area contributed by atoms with Crippen LogP contribution in [0.15, 0.2) is 36.4 Å². The standard InChI is InChI=1S/C20H22N2O5/c1-25-18-6-4-14(5-7-18)19-3-2-8-21(19)11-15-9-17(22(23)24)10-16-12-26-13-27-20(15)16/h4-7,9-10,19H,2-3,8,11-13H2,1H3. The van der Waals surface area contributed by atoms with E-state index < -0.39 is 0 Å². The summed E-state index contributed by atoms with van der Waals surface area (Å²) < 4.78 is 16.2. The second kappa shape index (κ2) is 7.54. The van der Waals surface area contributed by atoms with Crippen molar-refractivity contribution in [2.24, 2.45) is 0 Å². The van der Waals surface area contributed by atoms with Crippen LogP contribution < -0.4 is 9.47 Å². The molecule has 7 nitrogen and oxygen atoms in total. The summed E-state index contributed by atoms with van der Waals surface area (Å²) in [7, 11) is 1.66. The molecule has 27 heavy (non-hydrogen) atoms. The van der Waals surface area contributed by atoms with Crippen LogP contribution in [0, 0.1) is 10.1 Å². The van der Waals surface area contributed by atoms with Gasteiger partial charge in [-0.25, -0.2) is 0 Å². The van der Waals surface area contributed by atoms with Crippen molar-refractivity contribution < 1.29 is 19.1 Å². The first-order valence-corrected chi connectivity index (χ1v) is 9.04. The van der Waals surface area contributed by atoms with Crippen LogP contribution in [0.3, 0.4) is 0 Å². The minimum Gasteiger partial charge on any atom is -0.497 e. The molecule has 0 amide bonds. The Kier molecular flexibility index (Phi) is 4.96. The maximum absolute atomic E-state index is 11.3. The SMILES string of the molecule is COc1ccc(C2CCCN2Cc2cc([N+](=O)[O-])cc3c2OCOC3)cc1. The van der Waals surface area contributed by atoms with Crippen molar-refractivity contribution in [3.05, 3.63) is 63.2 Å². The number of hydrogen-bond acceptors (Lipinski definition) is 6. The Bertz CT molecular complexity index is 837. The van der Waals surface area contributed by atoms with E-state index in [9.17, 15) is 10.1 Å². The summed E-state index contributed by atoms with van der Waals surface area (Å²) in [5.74, 6) is 1.57. The molecule has 0 saturated carbocycles. The molecule has 0 bridgehead atoms. The predicted octanol–water partition coefficient (Wildman–Crippen LogP) is 3.81. The lowest BCUT2D eigenvalue weighted by Gasteiger charge is -2.27. The normalized spacial score (nSPS) is 19.4. The van der Waals surface area contributed by atoms with Crippen LogP contribution in [0.25, 0.3) is 0 Å². The number of hydrogen-bond donors (Lipinski definition) is 0. The van der Waals surface area contributed by atoms with Crippen molar-refractivity contribution in [1.82, 2.24) is 4.90 Å². The third-order valence-electron chi connectivity index (χ3n) is 5.22. The number of nitrogens with zero attached hydrogens (tertiary/aromatic N) is 2. The molecular formula is C20H22N2O5. The van der Waals surface area contributed by atoms with Crippen LogP contribution in [0.5, 0.6) is 11.5 Å². The number of fused-ring (bicyclic) bond motifs is 1. The van der Waals surface area contributed by atoms with Crippen LogP contribution >= 0.6 is 0 Å². The summed E-state index contributed by atoms with van der Waals surface area (Å²) in [6.07, 6.45) is 2.16. The molecule has 2 aliphatic rings. The van der Waals surface area contributed by atoms with Crippen molar-refractivity contribution in [3.8, 4) is 11.5 Å². The quantitative estimate of drug-likeness (QED) is 0.589. The molecule has 0 N–H and O–H groups in total. The van der Waals surface area contributed by atoms with Gasteiger partial charge in [0.2, 0.25) is 0 Å². The predicted molar refractivity (Wildman–Crippen MR) is 98.8 cm³/mol. The van der Waals surface area contributed by atoms with E-state index in [0.717, 1.165) is 42.0 Å². The van der Waals surface area contributed by atoms with Gasteiger partial charge in [0.1, 0.15) is 11.5 Å². The van der Waals surface area contributed by atoms with E-state index in [4.69, 9.17) is 14.2 Å². The van der Waals surface area contributed by atoms with E-state index in [2.05, 4.69) is 17.0 Å². The molecular weight excluding hydrogens is 348 g/mol. The summed E-state index contributed by atoms with van der Waals surface area (Å²) in [5.41, 5.74) is 2.91. The summed E-state index contributed by atoms with van der Waals surface area (Å²) in [6, 6.07) is 11.6. The minimum atomic E-state index is -0.358. The first-order valence-electron chi connectivity index (χ1n) is 9.04. The monoisotopic (exact) mass is 370 g/mol. The molecule has 1 fully saturated rings. The van der Waals surface area contributed by atoms with Crippen molar-refractivity contribution in [2.75, 3.05) is 20.4 Å². The molecule has 142 valence electrons. The van der Waals surface area contributed by atoms with Crippen LogP contribution in [-0.4, -0.2) is 30.3 Å². The molecule has 0 aliphatic carbocycles. The zero-order valence-electron chi connectivity index (χ0n) is 15.2. The molecule has 0 aromatic heterocycles. The summed E-state index contributed by atoms with van der Waals surface area (Å²) >= 11 is 0. The Morgan fingerprint density at radius 1 is 1.30 bits per heavy atom. The number of benzene rings is 2. The Balaban J connectivity index is 1.62. The second-order valence-corrected chi connectivity index (χ2v) is 6.86. The molecule has 0 radical (unpaired) electrons. The topological polar surface area (TPSA) is 74.1 Å². The number of nitro benzene ring substituents is 1. The first-order chi connectivity index (χ1) is 13.2. The Morgan fingerprint density at radius 2 is 2.11 bits per heavy atom. The molecule has 2 aromatic rings. The maximum Gasteiger partial charge on any atom is 0.270 e. The van der Waals surface area contributed by atoms with E-state index in [-0.39, 0.29) is 23.4 Å². The van der Waals surface area contributed by atoms with Gasteiger partial charge in [0.15, 0.2) is 6.79 Å². The van der Waals surface area contributed by atoms with Gasteiger partial charge in [-0.3, -0.25) is 15.0 Å². The molecule has 7 heteroatoms. The molecule has 2 heterocycles. The average Bonchev–Trinajstić information content (AvgIpc) is 3.16. The zero-order valence-corrected chi connectivity index (χ0v) is 15.2. The van der Waals surface area contributed by atoms with Crippen molar-refractivity contribution >= 4 is 5.69 Å². The van der Waals surface area contributed by atoms with Gasteiger partial charge >= 0.3 is 0 Å². The van der Waals surface area contributed by atoms with E-state index in [1.54, 1.807) is 19.2 Å². The van der Waals surface area contributed by atoms with E-state index >= 15 is 0 Å². The van der Waals surface area contributed by atoms with E-state index in [1.807, 2.05) is 12.1 Å². The summed E-state index contributed by atoms with van der Waals surface area (Å²) in [5, 5.41) is 11.3. The lowest BCUT2D eigenvalue weighted by atomic mass is 10.0. The largest absolute Gasteiger partial charge is 0.497 e. The Morgan fingerprint density at radius 3 is 2.85 bits per heavy atom. The third-order valence-corrected chi connectivity index (χ3v) is 5.22. The number of rotatable bonds is 5. The molecule has 2 aromatic carbocycles. The number of methoxy groups -OCH3 is 1. The smallest absolute Gasteiger partial charge is 0.270 e. The van der Waals surface area contributed by atoms with E-state index in [0.29, 0.717) is 13.2 Å². The zero-order chi connectivity index (χ0) is 18.8. The Labute approximate surface area is 157 Å². The van der Waals surface area contributed by atoms with Crippen LogP contribution in [0.2, 0.25) is 0 Å². The summed E-state index contributed by atoms with van der Waals surface area (Å²) in [4.78, 5) is 13.3. The third kappa shape index (κ3) is 3.61. The molecule has 2 aliphatic heterocycles. The minimum absolute atomic E-state index is 0.0815. The van der Waals surface area contributed by atoms with Crippen molar-refractivity contribution in [3.63, 3.8) is 0 Å². The molecule has 1 atom stereocenters. The van der Waals surface area contributed by atoms with Gasteiger partial charge < -0.3 is 14.2 Å². The maximum atomic E-state index is 11.3. The Hall–Kier alpha value is -2.64. The molecule has 0 spiro atoms. The highest BCUT2D eigenvalue weighted by atomic mass is 16.7. The van der Waals surface area contributed by atoms with Gasteiger partial charge in [-0.2, -0.15) is 0 Å². The highest BCUT2D eigenvalue weighted by molar-refractivity contribution is 5.50. The van der Waals surface area contributed by atoms with Gasteiger partial charge in [-0.05, 0) is 37.1 Å². The second-order valence-electron chi connectivity index (χ2n) is 6.86. The number of likely N-dealkylation sites (tertiary alicyclic amines) is 1. The lowest BCUT2D eigenvalue weighted by molar-refractivity contribution is -0.385. The van der Waals surface area contributed by atoms with Gasteiger partial charge in [0.05, 0.1) is 18.6 Å². The fourth-order valence-corrected chi connectivity index (χ4v) is 3.94. The molecule has 4 rings (SSSR count). The van der Waals surface area contributed by atoms with Gasteiger partial charge in [0.25, 0.3) is 5.69 Å². The van der Waals surface area contributed by atoms with Crippen LogP contribution in [0.1, 0.15) is 35.6 Å². The van der Waals surface area contributed by atoms with Gasteiger partial charge in [-0.1, -0.05) is 12.1 Å². The fourth-order valence-electron chi connectivity index (χ4n) is 3.94. The highest BCUT2D eigenvalue weighted by Crippen LogP contribution is 2.38. The van der Waals surface area contributed by atoms with Crippen molar-refractivity contribution in [2.45, 2.75) is 32.0 Å². The first kappa shape index (κ1) is 17.8.